The quantitative estimate of drug-likeness (QED) is 0.726. The van der Waals surface area contributed by atoms with Crippen molar-refractivity contribution in [3.63, 3.8) is 0 Å². The summed E-state index contributed by atoms with van der Waals surface area (Å²) >= 11 is 0. The van der Waals surface area contributed by atoms with Gasteiger partial charge in [0.2, 0.25) is 0 Å². The lowest BCUT2D eigenvalue weighted by atomic mass is 9.81. The third-order valence-electron chi connectivity index (χ3n) is 4.18. The van der Waals surface area contributed by atoms with E-state index in [9.17, 15) is 5.11 Å². The monoisotopic (exact) mass is 281 g/mol. The molecule has 0 unspecified atom stereocenters. The van der Waals surface area contributed by atoms with Crippen LogP contribution in [0.2, 0.25) is 0 Å². The van der Waals surface area contributed by atoms with Gasteiger partial charge in [-0.1, -0.05) is 51.1 Å². The van der Waals surface area contributed by atoms with E-state index < -0.39 is 0 Å². The summed E-state index contributed by atoms with van der Waals surface area (Å²) in [7, 11) is 0. The van der Waals surface area contributed by atoms with Crippen LogP contribution in [-0.2, 0) is 11.8 Å². The zero-order valence-corrected chi connectivity index (χ0v) is 13.0. The number of hydrogen-bond donors (Lipinski definition) is 2. The lowest BCUT2D eigenvalue weighted by molar-refractivity contribution is 0.288. The number of benzene rings is 2. The molecule has 0 atom stereocenters. The van der Waals surface area contributed by atoms with Crippen LogP contribution in [0.15, 0.2) is 36.4 Å². The molecule has 2 heteroatoms. The summed E-state index contributed by atoms with van der Waals surface area (Å²) in [5.41, 5.74) is 5.25. The number of aromatic nitrogens is 1. The van der Waals surface area contributed by atoms with Gasteiger partial charge in [0.1, 0.15) is 0 Å². The highest BCUT2D eigenvalue weighted by Crippen LogP contribution is 2.35. The van der Waals surface area contributed by atoms with Gasteiger partial charge in [-0.2, -0.15) is 0 Å². The van der Waals surface area contributed by atoms with E-state index in [1.54, 1.807) is 0 Å². The molecule has 0 aliphatic heterocycles. The summed E-state index contributed by atoms with van der Waals surface area (Å²) in [5.74, 6) is 0. The second-order valence-electron chi connectivity index (χ2n) is 6.76. The number of hydrogen-bond acceptors (Lipinski definition) is 1. The smallest absolute Gasteiger partial charge is 0.0500 e. The zero-order valence-electron chi connectivity index (χ0n) is 13.0. The van der Waals surface area contributed by atoms with Crippen LogP contribution < -0.4 is 0 Å². The molecular weight excluding hydrogens is 258 g/mol. The first-order valence-corrected chi connectivity index (χ1v) is 7.66. The fourth-order valence-electron chi connectivity index (χ4n) is 3.19. The first kappa shape index (κ1) is 14.2. The third kappa shape index (κ3) is 2.44. The summed E-state index contributed by atoms with van der Waals surface area (Å²) in [4.78, 5) is 3.59. The van der Waals surface area contributed by atoms with Gasteiger partial charge in [0.15, 0.2) is 0 Å². The van der Waals surface area contributed by atoms with E-state index in [-0.39, 0.29) is 12.0 Å². The minimum Gasteiger partial charge on any atom is -0.396 e. The lowest BCUT2D eigenvalue weighted by Gasteiger charge is -2.23. The molecular formula is C19H23NO. The van der Waals surface area contributed by atoms with E-state index in [1.807, 2.05) is 0 Å². The largest absolute Gasteiger partial charge is 0.396 e. The highest BCUT2D eigenvalue weighted by molar-refractivity contribution is 6.08. The number of aliphatic hydroxyl groups is 1. The van der Waals surface area contributed by atoms with Crippen LogP contribution in [0.4, 0.5) is 0 Å². The molecule has 0 saturated carbocycles. The van der Waals surface area contributed by atoms with E-state index in [0.29, 0.717) is 0 Å². The molecule has 2 nitrogen and oxygen atoms in total. The van der Waals surface area contributed by atoms with Crippen LogP contribution in [0, 0.1) is 0 Å². The molecule has 2 N–H and O–H groups in total. The topological polar surface area (TPSA) is 36.0 Å². The fourth-order valence-corrected chi connectivity index (χ4v) is 3.19. The average molecular weight is 281 g/mol. The maximum Gasteiger partial charge on any atom is 0.0500 e. The van der Waals surface area contributed by atoms with Crippen LogP contribution in [-0.4, -0.2) is 16.7 Å². The average Bonchev–Trinajstić information content (AvgIpc) is 2.82. The predicted octanol–water partition coefficient (Wildman–Crippen LogP) is 4.54. The van der Waals surface area contributed by atoms with Crippen LogP contribution in [0.5, 0.6) is 0 Å². The number of nitrogens with one attached hydrogen (secondary N) is 1. The van der Waals surface area contributed by atoms with Crippen LogP contribution >= 0.6 is 0 Å². The number of fused-ring (bicyclic) bond motifs is 3. The van der Waals surface area contributed by atoms with Crippen molar-refractivity contribution >= 4 is 21.8 Å². The number of aryl methyl sites for hydroxylation is 1. The van der Waals surface area contributed by atoms with Gasteiger partial charge in [0, 0.05) is 28.4 Å². The van der Waals surface area contributed by atoms with Crippen molar-refractivity contribution in [3.05, 3.63) is 47.5 Å². The molecule has 3 aromatic rings. The van der Waals surface area contributed by atoms with E-state index in [2.05, 4.69) is 62.2 Å². The van der Waals surface area contributed by atoms with E-state index in [1.165, 1.54) is 32.9 Å². The van der Waals surface area contributed by atoms with Gasteiger partial charge < -0.3 is 10.1 Å². The van der Waals surface area contributed by atoms with E-state index in [4.69, 9.17) is 0 Å². The Balaban J connectivity index is 2.32. The van der Waals surface area contributed by atoms with Gasteiger partial charge in [0.25, 0.3) is 0 Å². The van der Waals surface area contributed by atoms with Crippen molar-refractivity contribution in [2.75, 3.05) is 6.61 Å². The number of aromatic amines is 1. The molecule has 0 radical (unpaired) electrons. The Bertz CT molecular complexity index is 777. The second-order valence-corrected chi connectivity index (χ2v) is 6.76. The highest BCUT2D eigenvalue weighted by atomic mass is 16.2. The fraction of sp³-hybridized carbons (Fsp3) is 0.368. The third-order valence-corrected chi connectivity index (χ3v) is 4.18. The molecule has 21 heavy (non-hydrogen) atoms. The van der Waals surface area contributed by atoms with Gasteiger partial charge in [0.05, 0.1) is 0 Å². The van der Waals surface area contributed by atoms with Crippen LogP contribution in [0.25, 0.3) is 21.8 Å². The first-order chi connectivity index (χ1) is 10.0. The summed E-state index contributed by atoms with van der Waals surface area (Å²) in [6.45, 7) is 6.98. The van der Waals surface area contributed by atoms with Crippen molar-refractivity contribution in [2.24, 2.45) is 0 Å². The Morgan fingerprint density at radius 2 is 1.76 bits per heavy atom. The normalized spacial score (nSPS) is 12.4. The Morgan fingerprint density at radius 1 is 1.00 bits per heavy atom. The van der Waals surface area contributed by atoms with Gasteiger partial charge in [-0.3, -0.25) is 0 Å². The SMILES string of the molecule is CC(C)(C)c1ccc2c([nH]c3ccccc32)c1CCCO. The van der Waals surface area contributed by atoms with Gasteiger partial charge in [-0.05, 0) is 35.4 Å². The standard InChI is InChI=1S/C19H23NO/c1-19(2,3)16-11-10-14-13-7-4-5-9-17(13)20-18(14)15(16)8-6-12-21/h4-5,7,9-11,20-21H,6,8,12H2,1-3H3. The molecule has 0 spiro atoms. The van der Waals surface area contributed by atoms with Gasteiger partial charge in [-0.15, -0.1) is 0 Å². The number of rotatable bonds is 3. The number of aliphatic hydroxyl groups excluding tert-OH is 1. The molecule has 3 rings (SSSR count). The first-order valence-electron chi connectivity index (χ1n) is 7.66. The summed E-state index contributed by atoms with van der Waals surface area (Å²) < 4.78 is 0. The Kier molecular flexibility index (Phi) is 3.50. The van der Waals surface area contributed by atoms with Crippen LogP contribution in [0.3, 0.4) is 0 Å². The highest BCUT2D eigenvalue weighted by Gasteiger charge is 2.20. The van der Waals surface area contributed by atoms with Crippen molar-refractivity contribution < 1.29 is 5.11 Å². The molecule has 1 aromatic heterocycles. The predicted molar refractivity (Wildman–Crippen MR) is 89.9 cm³/mol. The van der Waals surface area contributed by atoms with Crippen molar-refractivity contribution in [2.45, 2.75) is 39.0 Å². The van der Waals surface area contributed by atoms with Crippen molar-refractivity contribution in [1.82, 2.24) is 4.98 Å². The molecule has 0 aliphatic rings. The summed E-state index contributed by atoms with van der Waals surface area (Å²) in [6.07, 6.45) is 1.71. The molecule has 0 fully saturated rings. The second kappa shape index (κ2) is 5.19. The van der Waals surface area contributed by atoms with Crippen LogP contribution in [0.1, 0.15) is 38.3 Å². The lowest BCUT2D eigenvalue weighted by Crippen LogP contribution is -2.14. The minimum atomic E-state index is 0.107. The molecule has 2 aromatic carbocycles. The Morgan fingerprint density at radius 3 is 2.48 bits per heavy atom. The van der Waals surface area contributed by atoms with Gasteiger partial charge >= 0.3 is 0 Å². The molecule has 1 heterocycles. The van der Waals surface area contributed by atoms with Crippen molar-refractivity contribution in [3.8, 4) is 0 Å². The van der Waals surface area contributed by atoms with E-state index in [0.717, 1.165) is 12.8 Å². The molecule has 0 aliphatic carbocycles. The number of H-pyrrole nitrogens is 1. The Labute approximate surface area is 125 Å². The molecule has 0 amide bonds. The van der Waals surface area contributed by atoms with Crippen molar-refractivity contribution in [1.29, 1.82) is 0 Å². The summed E-state index contributed by atoms with van der Waals surface area (Å²) in [6, 6.07) is 12.9. The van der Waals surface area contributed by atoms with Gasteiger partial charge in [-0.25, -0.2) is 0 Å². The summed E-state index contributed by atoms with van der Waals surface area (Å²) in [5, 5.41) is 11.8. The minimum absolute atomic E-state index is 0.107. The maximum absolute atomic E-state index is 9.22. The number of para-hydroxylation sites is 1. The van der Waals surface area contributed by atoms with E-state index >= 15 is 0 Å². The molecule has 0 bridgehead atoms. The molecule has 110 valence electrons. The zero-order chi connectivity index (χ0) is 15.0. The Hall–Kier alpha value is -1.80. The molecule has 0 saturated heterocycles. The maximum atomic E-state index is 9.22.